The summed E-state index contributed by atoms with van der Waals surface area (Å²) in [5, 5.41) is 14.2. The molecule has 1 saturated carbocycles. The summed E-state index contributed by atoms with van der Waals surface area (Å²) in [6.45, 7) is 0. The third-order valence-electron chi connectivity index (χ3n) is 6.08. The number of aryl methyl sites for hydroxylation is 1. The minimum absolute atomic E-state index is 0.0608. The predicted octanol–water partition coefficient (Wildman–Crippen LogP) is 4.40. The standard InChI is InChI=1S/C25H21ClN6O/c1-32-21-6-3-15(11-17-7-10-28-24(26)19(17)14-27)12-18(21)20(13-22(32)33)31-23(16-4-5-16)25-29-8-2-9-30-25/h2-3,6-10,12-13,16,23,31H,4-5,11H2,1H3. The first-order valence-corrected chi connectivity index (χ1v) is 11.1. The van der Waals surface area contributed by atoms with Crippen molar-refractivity contribution in [3.05, 3.63) is 93.0 Å². The third kappa shape index (κ3) is 4.18. The number of benzene rings is 1. The molecule has 8 heteroatoms. The number of pyridine rings is 2. The van der Waals surface area contributed by atoms with E-state index in [0.29, 0.717) is 17.9 Å². The molecule has 3 heterocycles. The van der Waals surface area contributed by atoms with Crippen LogP contribution in [0.1, 0.15) is 41.4 Å². The lowest BCUT2D eigenvalue weighted by atomic mass is 9.99. The van der Waals surface area contributed by atoms with Gasteiger partial charge in [0.25, 0.3) is 5.56 Å². The van der Waals surface area contributed by atoms with Crippen molar-refractivity contribution in [2.45, 2.75) is 25.3 Å². The Bertz CT molecular complexity index is 1440. The van der Waals surface area contributed by atoms with E-state index in [0.717, 1.165) is 46.4 Å². The lowest BCUT2D eigenvalue weighted by Crippen LogP contribution is -2.21. The van der Waals surface area contributed by atoms with E-state index >= 15 is 0 Å². The highest BCUT2D eigenvalue weighted by Crippen LogP contribution is 2.42. The van der Waals surface area contributed by atoms with Crippen molar-refractivity contribution in [1.29, 1.82) is 5.26 Å². The second-order valence-corrected chi connectivity index (χ2v) is 8.66. The summed E-state index contributed by atoms with van der Waals surface area (Å²) < 4.78 is 1.64. The SMILES string of the molecule is Cn1c(=O)cc(NC(c2ncccn2)C2CC2)c2cc(Cc3ccnc(Cl)c3C#N)ccc21. The number of nitrogens with one attached hydrogen (secondary N) is 1. The molecule has 0 saturated heterocycles. The molecule has 1 fully saturated rings. The summed E-state index contributed by atoms with van der Waals surface area (Å²) in [6, 6.07) is 13.3. The molecule has 1 unspecified atom stereocenters. The van der Waals surface area contributed by atoms with Crippen molar-refractivity contribution in [3.8, 4) is 6.07 Å². The van der Waals surface area contributed by atoms with Gasteiger partial charge < -0.3 is 9.88 Å². The fourth-order valence-corrected chi connectivity index (χ4v) is 4.38. The van der Waals surface area contributed by atoms with E-state index in [1.165, 1.54) is 0 Å². The molecule has 0 spiro atoms. The zero-order valence-corrected chi connectivity index (χ0v) is 18.8. The molecular weight excluding hydrogens is 436 g/mol. The monoisotopic (exact) mass is 456 g/mol. The maximum Gasteiger partial charge on any atom is 0.252 e. The highest BCUT2D eigenvalue weighted by molar-refractivity contribution is 6.30. The van der Waals surface area contributed by atoms with Crippen LogP contribution in [-0.2, 0) is 13.5 Å². The van der Waals surface area contributed by atoms with Crippen LogP contribution in [0, 0.1) is 17.2 Å². The van der Waals surface area contributed by atoms with Crippen LogP contribution in [0.3, 0.4) is 0 Å². The first kappa shape index (κ1) is 21.1. The molecule has 0 aliphatic heterocycles. The molecule has 7 nitrogen and oxygen atoms in total. The molecule has 1 aliphatic carbocycles. The number of hydrogen-bond donors (Lipinski definition) is 1. The highest BCUT2D eigenvalue weighted by atomic mass is 35.5. The summed E-state index contributed by atoms with van der Waals surface area (Å²) >= 11 is 6.11. The van der Waals surface area contributed by atoms with Gasteiger partial charge in [0.05, 0.1) is 17.1 Å². The second-order valence-electron chi connectivity index (χ2n) is 8.30. The highest BCUT2D eigenvalue weighted by Gasteiger charge is 2.34. The molecule has 33 heavy (non-hydrogen) atoms. The third-order valence-corrected chi connectivity index (χ3v) is 6.36. The lowest BCUT2D eigenvalue weighted by molar-refractivity contribution is 0.634. The minimum Gasteiger partial charge on any atom is -0.374 e. The Kier molecular flexibility index (Phi) is 5.53. The number of nitrogens with zero attached hydrogens (tertiary/aromatic N) is 5. The molecule has 1 atom stereocenters. The molecule has 0 radical (unpaired) electrons. The zero-order chi connectivity index (χ0) is 22.9. The molecule has 0 amide bonds. The van der Waals surface area contributed by atoms with Gasteiger partial charge >= 0.3 is 0 Å². The Hall–Kier alpha value is -3.76. The van der Waals surface area contributed by atoms with Crippen LogP contribution >= 0.6 is 11.6 Å². The van der Waals surface area contributed by atoms with Crippen LogP contribution in [0.2, 0.25) is 5.15 Å². The maximum absolute atomic E-state index is 12.7. The summed E-state index contributed by atoms with van der Waals surface area (Å²) in [5.74, 6) is 1.17. The number of rotatable bonds is 6. The van der Waals surface area contributed by atoms with Gasteiger partial charge in [-0.1, -0.05) is 17.7 Å². The predicted molar refractivity (Wildman–Crippen MR) is 127 cm³/mol. The molecule has 1 aliphatic rings. The Morgan fingerprint density at radius 3 is 2.70 bits per heavy atom. The smallest absolute Gasteiger partial charge is 0.252 e. The zero-order valence-electron chi connectivity index (χ0n) is 18.0. The molecule has 1 aromatic carbocycles. The first-order valence-electron chi connectivity index (χ1n) is 10.7. The van der Waals surface area contributed by atoms with Gasteiger partial charge in [0.1, 0.15) is 11.2 Å². The number of nitriles is 1. The van der Waals surface area contributed by atoms with Crippen LogP contribution in [0.15, 0.2) is 59.8 Å². The fraction of sp³-hybridized carbons (Fsp3) is 0.240. The van der Waals surface area contributed by atoms with Gasteiger partial charge in [-0.2, -0.15) is 5.26 Å². The molecule has 0 bridgehead atoms. The second kappa shape index (κ2) is 8.64. The average Bonchev–Trinajstić information content (AvgIpc) is 3.66. The largest absolute Gasteiger partial charge is 0.374 e. The summed E-state index contributed by atoms with van der Waals surface area (Å²) in [7, 11) is 1.77. The van der Waals surface area contributed by atoms with Gasteiger partial charge in [-0.25, -0.2) is 15.0 Å². The van der Waals surface area contributed by atoms with E-state index in [9.17, 15) is 10.1 Å². The van der Waals surface area contributed by atoms with Crippen molar-refractivity contribution in [3.63, 3.8) is 0 Å². The van der Waals surface area contributed by atoms with Gasteiger partial charge in [-0.15, -0.1) is 0 Å². The van der Waals surface area contributed by atoms with Gasteiger partial charge in [0.15, 0.2) is 5.82 Å². The number of halogens is 1. The van der Waals surface area contributed by atoms with E-state index < -0.39 is 0 Å². The van der Waals surface area contributed by atoms with Crippen LogP contribution in [0.25, 0.3) is 10.9 Å². The Labute approximate surface area is 195 Å². The molecular formula is C25H21ClN6O. The van der Waals surface area contributed by atoms with Gasteiger partial charge in [-0.05, 0) is 60.6 Å². The van der Waals surface area contributed by atoms with Crippen LogP contribution in [0.4, 0.5) is 5.69 Å². The number of anilines is 1. The van der Waals surface area contributed by atoms with Crippen molar-refractivity contribution in [2.24, 2.45) is 13.0 Å². The summed E-state index contributed by atoms with van der Waals surface area (Å²) in [6.07, 6.45) is 7.82. The van der Waals surface area contributed by atoms with Gasteiger partial charge in [0, 0.05) is 42.8 Å². The van der Waals surface area contributed by atoms with Gasteiger partial charge in [0.2, 0.25) is 0 Å². The summed E-state index contributed by atoms with van der Waals surface area (Å²) in [4.78, 5) is 25.6. The van der Waals surface area contributed by atoms with Crippen LogP contribution < -0.4 is 10.9 Å². The maximum atomic E-state index is 12.7. The van der Waals surface area contributed by atoms with Crippen molar-refractivity contribution in [2.75, 3.05) is 5.32 Å². The quantitative estimate of drug-likeness (QED) is 0.432. The Morgan fingerprint density at radius 1 is 1.18 bits per heavy atom. The van der Waals surface area contributed by atoms with E-state index in [-0.39, 0.29) is 16.8 Å². The number of hydrogen-bond acceptors (Lipinski definition) is 6. The minimum atomic E-state index is -0.0889. The number of aromatic nitrogens is 4. The fourth-order valence-electron chi connectivity index (χ4n) is 4.16. The van der Waals surface area contributed by atoms with E-state index in [1.807, 2.05) is 18.2 Å². The van der Waals surface area contributed by atoms with Crippen molar-refractivity contribution < 1.29 is 0 Å². The van der Waals surface area contributed by atoms with E-state index in [2.05, 4.69) is 32.4 Å². The molecule has 5 rings (SSSR count). The number of fused-ring (bicyclic) bond motifs is 1. The lowest BCUT2D eigenvalue weighted by Gasteiger charge is -2.20. The topological polar surface area (TPSA) is 96.5 Å². The van der Waals surface area contributed by atoms with Crippen molar-refractivity contribution in [1.82, 2.24) is 19.5 Å². The first-order chi connectivity index (χ1) is 16.0. The Morgan fingerprint density at radius 2 is 1.97 bits per heavy atom. The van der Waals surface area contributed by atoms with Crippen LogP contribution in [0.5, 0.6) is 0 Å². The molecule has 1 N–H and O–H groups in total. The van der Waals surface area contributed by atoms with E-state index in [1.54, 1.807) is 42.3 Å². The van der Waals surface area contributed by atoms with E-state index in [4.69, 9.17) is 11.6 Å². The average molecular weight is 457 g/mol. The Balaban J connectivity index is 1.58. The van der Waals surface area contributed by atoms with Gasteiger partial charge in [-0.3, -0.25) is 4.79 Å². The molecule has 3 aromatic heterocycles. The molecule has 164 valence electrons. The van der Waals surface area contributed by atoms with Crippen LogP contribution in [-0.4, -0.2) is 19.5 Å². The molecule has 4 aromatic rings. The summed E-state index contributed by atoms with van der Waals surface area (Å²) in [5.41, 5.74) is 3.69. The normalized spacial score (nSPS) is 14.1. The van der Waals surface area contributed by atoms with Crippen molar-refractivity contribution >= 4 is 28.2 Å².